The molecule has 0 aliphatic carbocycles. The molecule has 0 saturated carbocycles. The van der Waals surface area contributed by atoms with Gasteiger partial charge in [0.25, 0.3) is 0 Å². The summed E-state index contributed by atoms with van der Waals surface area (Å²) in [5, 5.41) is 15.2. The Bertz CT molecular complexity index is 2040. The number of esters is 1. The molecule has 0 bridgehead atoms. The topological polar surface area (TPSA) is 140 Å². The number of hydrogen-bond acceptors (Lipinski definition) is 7. The lowest BCUT2D eigenvalue weighted by atomic mass is 9.95. The van der Waals surface area contributed by atoms with E-state index in [4.69, 9.17) is 14.2 Å². The average molecular weight is 865 g/mol. The molecule has 0 radical (unpaired) electrons. The van der Waals surface area contributed by atoms with Crippen LogP contribution < -0.4 is 20.1 Å². The lowest BCUT2D eigenvalue weighted by molar-refractivity contribution is -0.145. The Kier molecular flexibility index (Phi) is 19.5. The van der Waals surface area contributed by atoms with Crippen molar-refractivity contribution in [2.45, 2.75) is 144 Å². The van der Waals surface area contributed by atoms with Crippen LogP contribution in [0.15, 0.2) is 97.1 Å². The largest absolute Gasteiger partial charge is 0.488 e. The van der Waals surface area contributed by atoms with E-state index in [2.05, 4.69) is 50.5 Å². The van der Waals surface area contributed by atoms with Crippen LogP contribution in [0.25, 0.3) is 0 Å². The summed E-state index contributed by atoms with van der Waals surface area (Å²) in [6.45, 7) is 24.2. The minimum atomic E-state index is -1.05. The van der Waals surface area contributed by atoms with Crippen LogP contribution in [0.1, 0.15) is 128 Å². The highest BCUT2D eigenvalue weighted by molar-refractivity contribution is 5.89. The molecular formula is C53H72N2O8. The molecule has 0 aromatic heterocycles. The second kappa shape index (κ2) is 23.7. The smallest absolute Gasteiger partial charge is 0.328 e. The number of rotatable bonds is 18. The molecule has 4 aromatic carbocycles. The Hall–Kier alpha value is -5.64. The van der Waals surface area contributed by atoms with Crippen LogP contribution in [0.2, 0.25) is 0 Å². The quantitative estimate of drug-likeness (QED) is 0.0841. The van der Waals surface area contributed by atoms with Crippen molar-refractivity contribution in [1.82, 2.24) is 10.6 Å². The summed E-state index contributed by atoms with van der Waals surface area (Å²) in [4.78, 5) is 49.7. The number of ether oxygens (including phenoxy) is 3. The normalized spacial score (nSPS) is 13.4. The van der Waals surface area contributed by atoms with Crippen molar-refractivity contribution >= 4 is 23.8 Å². The van der Waals surface area contributed by atoms with Gasteiger partial charge in [-0.3, -0.25) is 9.59 Å². The summed E-state index contributed by atoms with van der Waals surface area (Å²) in [6, 6.07) is 29.2. The van der Waals surface area contributed by atoms with E-state index in [1.165, 1.54) is 18.2 Å². The molecule has 0 saturated heterocycles. The van der Waals surface area contributed by atoms with Crippen molar-refractivity contribution in [2.75, 3.05) is 7.11 Å². The molecule has 342 valence electrons. The third kappa shape index (κ3) is 18.7. The van der Waals surface area contributed by atoms with Crippen LogP contribution in [-0.4, -0.2) is 59.3 Å². The van der Waals surface area contributed by atoms with E-state index in [9.17, 15) is 24.3 Å². The summed E-state index contributed by atoms with van der Waals surface area (Å²) < 4.78 is 16.6. The third-order valence-electron chi connectivity index (χ3n) is 10.0. The number of carbonyl (C=O) groups excluding carboxylic acids is 3. The molecule has 4 aromatic rings. The van der Waals surface area contributed by atoms with Gasteiger partial charge in [0, 0.05) is 12.8 Å². The lowest BCUT2D eigenvalue weighted by Gasteiger charge is -2.22. The Labute approximate surface area is 376 Å². The number of nitrogens with one attached hydrogen (secondary N) is 2. The predicted octanol–water partition coefficient (Wildman–Crippen LogP) is 10.0. The van der Waals surface area contributed by atoms with Crippen LogP contribution >= 0.6 is 0 Å². The standard InChI is InChI=1S/C27H37NO4.C26H35NO4/c1-18(2)16-20-8-12-22(13-9-20)19(3)25(29)28-24(26(30)31-7)17-21-10-14-23(15-11-21)32-27(4,5)6;1-17(2)15-19-7-11-21(12-8-19)18(3)24(28)27-23(25(29)30)16-20-9-13-22(14-10-20)31-26(4,5)6/h8-15,18-19,24H,16-17H2,1-7H3,(H,28,29);7-14,17-18,23H,15-16H2,1-6H3,(H,27,28)(H,29,30). The van der Waals surface area contributed by atoms with Gasteiger partial charge in [0.2, 0.25) is 11.8 Å². The second-order valence-electron chi connectivity index (χ2n) is 19.2. The lowest BCUT2D eigenvalue weighted by Crippen LogP contribution is -2.44. The monoisotopic (exact) mass is 865 g/mol. The molecule has 0 aliphatic heterocycles. The zero-order valence-corrected chi connectivity index (χ0v) is 39.8. The highest BCUT2D eigenvalue weighted by Crippen LogP contribution is 2.23. The van der Waals surface area contributed by atoms with Gasteiger partial charge in [0.1, 0.15) is 34.8 Å². The maximum absolute atomic E-state index is 12.9. The SMILES string of the molecule is CC(C)Cc1ccc(C(C)C(=O)NC(Cc2ccc(OC(C)(C)C)cc2)C(=O)O)cc1.COC(=O)C(Cc1ccc(OC(C)(C)C)cc1)NC(=O)C(C)c1ccc(CC(C)C)cc1. The minimum Gasteiger partial charge on any atom is -0.488 e. The van der Waals surface area contributed by atoms with Gasteiger partial charge in [-0.25, -0.2) is 9.59 Å². The van der Waals surface area contributed by atoms with Crippen molar-refractivity contribution < 1.29 is 38.5 Å². The van der Waals surface area contributed by atoms with Gasteiger partial charge in [0.05, 0.1) is 18.9 Å². The van der Waals surface area contributed by atoms with Gasteiger partial charge in [-0.1, -0.05) is 100 Å². The van der Waals surface area contributed by atoms with Gasteiger partial charge in [0.15, 0.2) is 0 Å². The highest BCUT2D eigenvalue weighted by Gasteiger charge is 2.27. The minimum absolute atomic E-state index is 0.204. The summed E-state index contributed by atoms with van der Waals surface area (Å²) in [6.07, 6.45) is 2.54. The van der Waals surface area contributed by atoms with Crippen molar-refractivity contribution in [3.8, 4) is 11.5 Å². The summed E-state index contributed by atoms with van der Waals surface area (Å²) in [5.41, 5.74) is 5.42. The van der Waals surface area contributed by atoms with Crippen LogP contribution in [-0.2, 0) is 49.6 Å². The first-order chi connectivity index (χ1) is 29.4. The van der Waals surface area contributed by atoms with Gasteiger partial charge >= 0.3 is 11.9 Å². The van der Waals surface area contributed by atoms with Crippen molar-refractivity contribution in [1.29, 1.82) is 0 Å². The van der Waals surface area contributed by atoms with Crippen LogP contribution in [0.5, 0.6) is 11.5 Å². The molecular weight excluding hydrogens is 793 g/mol. The summed E-state index contributed by atoms with van der Waals surface area (Å²) >= 11 is 0. The van der Waals surface area contributed by atoms with Crippen LogP contribution in [0, 0.1) is 11.8 Å². The van der Waals surface area contributed by atoms with Crippen molar-refractivity contribution in [2.24, 2.45) is 11.8 Å². The van der Waals surface area contributed by atoms with E-state index in [0.29, 0.717) is 18.3 Å². The number of benzene rings is 4. The van der Waals surface area contributed by atoms with Crippen LogP contribution in [0.4, 0.5) is 0 Å². The number of carboxylic acids is 1. The van der Waals surface area contributed by atoms with Crippen LogP contribution in [0.3, 0.4) is 0 Å². The van der Waals surface area contributed by atoms with Gasteiger partial charge < -0.3 is 30.0 Å². The number of amides is 2. The molecule has 4 rings (SSSR count). The maximum atomic E-state index is 12.9. The third-order valence-corrected chi connectivity index (χ3v) is 10.0. The molecule has 10 nitrogen and oxygen atoms in total. The maximum Gasteiger partial charge on any atom is 0.328 e. The fourth-order valence-corrected chi connectivity index (χ4v) is 6.83. The van der Waals surface area contributed by atoms with E-state index in [0.717, 1.165) is 46.6 Å². The molecule has 0 fully saturated rings. The molecule has 4 unspecified atom stereocenters. The number of carboxylic acid groups (broad SMARTS) is 1. The first kappa shape index (κ1) is 51.7. The van der Waals surface area contributed by atoms with Crippen molar-refractivity contribution in [3.63, 3.8) is 0 Å². The second-order valence-corrected chi connectivity index (χ2v) is 19.2. The predicted molar refractivity (Wildman–Crippen MR) is 251 cm³/mol. The summed E-state index contributed by atoms with van der Waals surface area (Å²) in [7, 11) is 1.33. The molecule has 2 amide bonds. The number of carbonyl (C=O) groups is 4. The zero-order valence-electron chi connectivity index (χ0n) is 39.8. The molecule has 63 heavy (non-hydrogen) atoms. The number of hydrogen-bond donors (Lipinski definition) is 3. The average Bonchev–Trinajstić information content (AvgIpc) is 3.20. The molecule has 10 heteroatoms. The molecule has 4 atom stereocenters. The first-order valence-corrected chi connectivity index (χ1v) is 22.1. The van der Waals surface area contributed by atoms with Gasteiger partial charge in [-0.15, -0.1) is 0 Å². The summed E-state index contributed by atoms with van der Waals surface area (Å²) in [5.74, 6) is -0.197. The van der Waals surface area contributed by atoms with Gasteiger partial charge in [-0.2, -0.15) is 0 Å². The number of methoxy groups -OCH3 is 1. The Balaban J connectivity index is 0.000000335. The van der Waals surface area contributed by atoms with E-state index in [1.807, 2.05) is 133 Å². The fraction of sp³-hybridized carbons (Fsp3) is 0.472. The Morgan fingerprint density at radius 1 is 0.492 bits per heavy atom. The van der Waals surface area contributed by atoms with E-state index < -0.39 is 29.9 Å². The van der Waals surface area contributed by atoms with E-state index in [-0.39, 0.29) is 35.4 Å². The Morgan fingerprint density at radius 2 is 0.794 bits per heavy atom. The first-order valence-electron chi connectivity index (χ1n) is 22.1. The molecule has 3 N–H and O–H groups in total. The van der Waals surface area contributed by atoms with Gasteiger partial charge in [-0.05, 0) is 138 Å². The zero-order chi connectivity index (χ0) is 47.1. The Morgan fingerprint density at radius 3 is 1.10 bits per heavy atom. The molecule has 0 heterocycles. The fourth-order valence-electron chi connectivity index (χ4n) is 6.83. The molecule has 0 aliphatic rings. The number of aliphatic carboxylic acids is 1. The molecule has 0 spiro atoms. The highest BCUT2D eigenvalue weighted by atomic mass is 16.5. The van der Waals surface area contributed by atoms with E-state index in [1.54, 1.807) is 6.92 Å². The van der Waals surface area contributed by atoms with E-state index >= 15 is 0 Å². The van der Waals surface area contributed by atoms with Crippen molar-refractivity contribution in [3.05, 3.63) is 130 Å².